The van der Waals surface area contributed by atoms with E-state index in [4.69, 9.17) is 18.9 Å². The largest absolute Gasteiger partial charge is 0.493 e. The maximum absolute atomic E-state index is 11.8. The third-order valence-corrected chi connectivity index (χ3v) is 6.38. The molecule has 1 N–H and O–H groups in total. The van der Waals surface area contributed by atoms with Crippen molar-refractivity contribution in [1.29, 1.82) is 0 Å². The van der Waals surface area contributed by atoms with Crippen molar-refractivity contribution in [2.45, 2.75) is 41.9 Å². The molecule has 0 unspecified atom stereocenters. The second-order valence-electron chi connectivity index (χ2n) is 6.94. The molecule has 0 atom stereocenters. The molecule has 0 saturated carbocycles. The van der Waals surface area contributed by atoms with Gasteiger partial charge in [-0.2, -0.15) is 0 Å². The zero-order chi connectivity index (χ0) is 19.7. The predicted molar refractivity (Wildman–Crippen MR) is 111 cm³/mol. The highest BCUT2D eigenvalue weighted by atomic mass is 32.1. The van der Waals surface area contributed by atoms with Crippen LogP contribution in [0.5, 0.6) is 11.5 Å². The van der Waals surface area contributed by atoms with Crippen LogP contribution in [0.2, 0.25) is 25.7 Å². The number of rotatable bonds is 10. The lowest BCUT2D eigenvalue weighted by molar-refractivity contribution is 0.0467. The first-order valence-electron chi connectivity index (χ1n) is 8.33. The van der Waals surface area contributed by atoms with E-state index in [-0.39, 0.29) is 6.79 Å². The first kappa shape index (κ1) is 23.0. The number of amides is 1. The highest BCUT2D eigenvalue weighted by Gasteiger charge is 2.17. The highest BCUT2D eigenvalue weighted by Crippen LogP contribution is 2.40. The van der Waals surface area contributed by atoms with Gasteiger partial charge in [0.05, 0.1) is 18.6 Å². The van der Waals surface area contributed by atoms with Crippen LogP contribution in [0.1, 0.15) is 5.56 Å². The van der Waals surface area contributed by atoms with Crippen molar-refractivity contribution >= 4 is 39.4 Å². The molecular formula is C17H29NO5S2Si. The van der Waals surface area contributed by atoms with Crippen molar-refractivity contribution in [2.75, 3.05) is 34.2 Å². The van der Waals surface area contributed by atoms with Gasteiger partial charge in [-0.05, 0) is 24.1 Å². The van der Waals surface area contributed by atoms with Crippen molar-refractivity contribution < 1.29 is 23.7 Å². The molecule has 0 radical (unpaired) electrons. The quantitative estimate of drug-likeness (QED) is 0.305. The van der Waals surface area contributed by atoms with Gasteiger partial charge < -0.3 is 24.3 Å². The second kappa shape index (κ2) is 11.0. The van der Waals surface area contributed by atoms with Crippen molar-refractivity contribution in [3.8, 4) is 11.5 Å². The van der Waals surface area contributed by atoms with E-state index in [9.17, 15) is 4.79 Å². The van der Waals surface area contributed by atoms with Gasteiger partial charge >= 0.3 is 6.09 Å². The number of methoxy groups -OCH3 is 2. The molecule has 1 aromatic carbocycles. The highest BCUT2D eigenvalue weighted by molar-refractivity contribution is 7.83. The lowest BCUT2D eigenvalue weighted by atomic mass is 10.1. The molecular weight excluding hydrogens is 390 g/mol. The van der Waals surface area contributed by atoms with Crippen LogP contribution in [0.3, 0.4) is 0 Å². The number of benzene rings is 1. The van der Waals surface area contributed by atoms with Crippen LogP contribution in [0.15, 0.2) is 15.9 Å². The standard InChI is InChI=1S/C17H29NO5S2Si/c1-20-11-23-14-13(21-2)10-12(15(24)16(14)25)6-7-18-17(19)22-8-9-26(3,4)5/h10,24-25H,6-9,11H2,1-5H3,(H,18,19). The van der Waals surface area contributed by atoms with E-state index < -0.39 is 14.2 Å². The number of thiol groups is 2. The van der Waals surface area contributed by atoms with Gasteiger partial charge in [0.15, 0.2) is 18.3 Å². The summed E-state index contributed by atoms with van der Waals surface area (Å²) in [6.45, 7) is 7.69. The van der Waals surface area contributed by atoms with Crippen molar-refractivity contribution in [3.05, 3.63) is 11.6 Å². The van der Waals surface area contributed by atoms with Crippen LogP contribution in [-0.4, -0.2) is 48.3 Å². The Morgan fingerprint density at radius 2 is 1.88 bits per heavy atom. The Balaban J connectivity index is 2.62. The third-order valence-electron chi connectivity index (χ3n) is 3.56. The summed E-state index contributed by atoms with van der Waals surface area (Å²) in [4.78, 5) is 13.0. The molecule has 26 heavy (non-hydrogen) atoms. The summed E-state index contributed by atoms with van der Waals surface area (Å²) in [5.41, 5.74) is 0.891. The maximum Gasteiger partial charge on any atom is 0.407 e. The van der Waals surface area contributed by atoms with E-state index in [1.165, 1.54) is 7.11 Å². The molecule has 0 aliphatic heterocycles. The van der Waals surface area contributed by atoms with Crippen LogP contribution in [0.25, 0.3) is 0 Å². The van der Waals surface area contributed by atoms with E-state index in [1.54, 1.807) is 7.11 Å². The monoisotopic (exact) mass is 419 g/mol. The number of hydrogen-bond acceptors (Lipinski definition) is 7. The summed E-state index contributed by atoms with van der Waals surface area (Å²) in [5.74, 6) is 1.02. The number of ether oxygens (including phenoxy) is 4. The van der Waals surface area contributed by atoms with Crippen LogP contribution in [0, 0.1) is 0 Å². The predicted octanol–water partition coefficient (Wildman–Crippen LogP) is 3.86. The molecule has 0 heterocycles. The van der Waals surface area contributed by atoms with Gasteiger partial charge in [-0.3, -0.25) is 0 Å². The molecule has 0 bridgehead atoms. The Hall–Kier alpha value is -1.03. The van der Waals surface area contributed by atoms with Gasteiger partial charge in [0, 0.05) is 26.6 Å². The SMILES string of the molecule is COCOc1c(OC)cc(CCNC(=O)OCC[Si](C)(C)C)c(S)c1S. The van der Waals surface area contributed by atoms with Gasteiger partial charge in [-0.25, -0.2) is 4.79 Å². The lowest BCUT2D eigenvalue weighted by Gasteiger charge is -2.17. The minimum Gasteiger partial charge on any atom is -0.493 e. The number of hydrogen-bond donors (Lipinski definition) is 3. The normalized spacial score (nSPS) is 11.2. The first-order chi connectivity index (χ1) is 12.2. The molecule has 1 aromatic rings. The van der Waals surface area contributed by atoms with Crippen LogP contribution in [0.4, 0.5) is 4.79 Å². The molecule has 0 saturated heterocycles. The fourth-order valence-electron chi connectivity index (χ4n) is 2.07. The van der Waals surface area contributed by atoms with E-state index in [2.05, 4.69) is 50.2 Å². The van der Waals surface area contributed by atoms with Crippen LogP contribution < -0.4 is 14.8 Å². The van der Waals surface area contributed by atoms with Gasteiger partial charge in [0.25, 0.3) is 0 Å². The van der Waals surface area contributed by atoms with Gasteiger partial charge in [-0.15, -0.1) is 25.3 Å². The number of alkyl carbamates (subject to hydrolysis) is 1. The molecule has 0 spiro atoms. The Bertz CT molecular complexity index is 608. The Labute approximate surface area is 167 Å². The second-order valence-corrected chi connectivity index (χ2v) is 13.5. The van der Waals surface area contributed by atoms with Crippen molar-refractivity contribution in [3.63, 3.8) is 0 Å². The lowest BCUT2D eigenvalue weighted by Crippen LogP contribution is -2.29. The van der Waals surface area contributed by atoms with Gasteiger partial charge in [0.1, 0.15) is 0 Å². The first-order valence-corrected chi connectivity index (χ1v) is 12.9. The Morgan fingerprint density at radius 3 is 2.46 bits per heavy atom. The fraction of sp³-hybridized carbons (Fsp3) is 0.588. The fourth-order valence-corrected chi connectivity index (χ4v) is 3.38. The van der Waals surface area contributed by atoms with Crippen molar-refractivity contribution in [2.24, 2.45) is 0 Å². The number of carbonyl (C=O) groups is 1. The van der Waals surface area contributed by atoms with E-state index in [1.807, 2.05) is 6.07 Å². The van der Waals surface area contributed by atoms with E-state index in [0.29, 0.717) is 40.9 Å². The molecule has 0 aromatic heterocycles. The number of carbonyl (C=O) groups excluding carboxylic acids is 1. The summed E-state index contributed by atoms with van der Waals surface area (Å²) in [5, 5.41) is 2.75. The topological polar surface area (TPSA) is 66.0 Å². The molecule has 0 fully saturated rings. The van der Waals surface area contributed by atoms with Crippen LogP contribution in [-0.2, 0) is 15.9 Å². The zero-order valence-electron chi connectivity index (χ0n) is 16.0. The van der Waals surface area contributed by atoms with Crippen molar-refractivity contribution in [1.82, 2.24) is 5.32 Å². The summed E-state index contributed by atoms with van der Waals surface area (Å²) in [7, 11) is 1.88. The smallest absolute Gasteiger partial charge is 0.407 e. The average Bonchev–Trinajstić information content (AvgIpc) is 2.56. The Kier molecular flexibility index (Phi) is 9.70. The minimum absolute atomic E-state index is 0.0846. The molecule has 0 aliphatic rings. The summed E-state index contributed by atoms with van der Waals surface area (Å²) in [6.07, 6.45) is 0.165. The molecule has 1 amide bonds. The Morgan fingerprint density at radius 1 is 1.19 bits per heavy atom. The van der Waals surface area contributed by atoms with E-state index in [0.717, 1.165) is 11.6 Å². The average molecular weight is 420 g/mol. The summed E-state index contributed by atoms with van der Waals surface area (Å²) < 4.78 is 21.0. The molecule has 9 heteroatoms. The maximum atomic E-state index is 11.8. The zero-order valence-corrected chi connectivity index (χ0v) is 18.8. The molecule has 0 aliphatic carbocycles. The summed E-state index contributed by atoms with van der Waals surface area (Å²) >= 11 is 8.98. The van der Waals surface area contributed by atoms with E-state index >= 15 is 0 Å². The molecule has 148 valence electrons. The molecule has 6 nitrogen and oxygen atoms in total. The van der Waals surface area contributed by atoms with Crippen LogP contribution >= 0.6 is 25.3 Å². The molecule has 1 rings (SSSR count). The van der Waals surface area contributed by atoms with Gasteiger partial charge in [0.2, 0.25) is 0 Å². The van der Waals surface area contributed by atoms with Gasteiger partial charge in [-0.1, -0.05) is 19.6 Å². The minimum atomic E-state index is -1.21. The third kappa shape index (κ3) is 7.69. The summed E-state index contributed by atoms with van der Waals surface area (Å²) in [6, 6.07) is 2.77. The number of nitrogens with one attached hydrogen (secondary N) is 1.